The minimum Gasteiger partial charge on any atom is -0.178 e. The molecule has 13 heavy (non-hydrogen) atoms. The minimum absolute atomic E-state index is 0.233. The monoisotopic (exact) mass is 194 g/mol. The molecule has 1 heteroatoms. The fraction of sp³-hybridized carbons (Fsp3) is 0.500. The normalized spacial score (nSPS) is 15.4. The highest BCUT2D eigenvalue weighted by molar-refractivity contribution is 7.80. The highest BCUT2D eigenvalue weighted by Crippen LogP contribution is 2.28. The minimum atomic E-state index is 0.233. The Morgan fingerprint density at radius 2 is 1.77 bits per heavy atom. The molecule has 0 aliphatic rings. The molecule has 0 amide bonds. The van der Waals surface area contributed by atoms with Gasteiger partial charge in [-0.25, -0.2) is 0 Å². The zero-order chi connectivity index (χ0) is 9.90. The van der Waals surface area contributed by atoms with Gasteiger partial charge in [-0.05, 0) is 24.7 Å². The highest BCUT2D eigenvalue weighted by atomic mass is 32.1. The summed E-state index contributed by atoms with van der Waals surface area (Å²) in [5.74, 6) is 0.909. The molecule has 72 valence electrons. The molecular weight excluding hydrogens is 176 g/mol. The molecule has 0 nitrogen and oxygen atoms in total. The average molecular weight is 194 g/mol. The molecular formula is C12H18S. The number of rotatable bonds is 3. The molecule has 0 fully saturated rings. The molecule has 0 N–H and O–H groups in total. The summed E-state index contributed by atoms with van der Waals surface area (Å²) in [4.78, 5) is 0. The second-order valence-corrected chi connectivity index (χ2v) is 4.25. The first kappa shape index (κ1) is 10.6. The summed E-state index contributed by atoms with van der Waals surface area (Å²) in [5, 5.41) is 0. The molecule has 1 aromatic carbocycles. The maximum absolute atomic E-state index is 4.42. The third kappa shape index (κ3) is 2.28. The summed E-state index contributed by atoms with van der Waals surface area (Å²) in [6.45, 7) is 6.61. The molecule has 0 spiro atoms. The lowest BCUT2D eigenvalue weighted by Crippen LogP contribution is -2.22. The van der Waals surface area contributed by atoms with Gasteiger partial charge in [-0.2, -0.15) is 12.6 Å². The summed E-state index contributed by atoms with van der Waals surface area (Å²) < 4.78 is 0. The Labute approximate surface area is 86.8 Å². The van der Waals surface area contributed by atoms with Crippen LogP contribution in [-0.2, 0) is 5.41 Å². The zero-order valence-corrected chi connectivity index (χ0v) is 9.57. The van der Waals surface area contributed by atoms with E-state index >= 15 is 0 Å². The van der Waals surface area contributed by atoms with Crippen LogP contribution in [0.15, 0.2) is 24.3 Å². The van der Waals surface area contributed by atoms with E-state index in [1.165, 1.54) is 11.1 Å². The fourth-order valence-corrected chi connectivity index (χ4v) is 1.77. The van der Waals surface area contributed by atoms with Crippen LogP contribution >= 0.6 is 12.6 Å². The molecule has 0 saturated carbocycles. The number of hydrogen-bond acceptors (Lipinski definition) is 1. The van der Waals surface area contributed by atoms with E-state index in [0.717, 1.165) is 12.2 Å². The fourth-order valence-electron chi connectivity index (χ4n) is 1.36. The second kappa shape index (κ2) is 4.19. The molecule has 0 aliphatic heterocycles. The third-order valence-electron chi connectivity index (χ3n) is 2.88. The summed E-state index contributed by atoms with van der Waals surface area (Å²) in [7, 11) is 0. The summed E-state index contributed by atoms with van der Waals surface area (Å²) in [6, 6.07) is 8.78. The van der Waals surface area contributed by atoms with Gasteiger partial charge >= 0.3 is 0 Å². The third-order valence-corrected chi connectivity index (χ3v) is 3.58. The predicted octanol–water partition coefficient (Wildman–Crippen LogP) is 3.59. The van der Waals surface area contributed by atoms with Crippen molar-refractivity contribution in [2.45, 2.75) is 32.6 Å². The Balaban J connectivity index is 2.99. The summed E-state index contributed by atoms with van der Waals surface area (Å²) in [6.07, 6.45) is 1.14. The highest BCUT2D eigenvalue weighted by Gasteiger charge is 2.21. The van der Waals surface area contributed by atoms with Crippen LogP contribution in [0.1, 0.15) is 31.4 Å². The van der Waals surface area contributed by atoms with Gasteiger partial charge in [0.25, 0.3) is 0 Å². The molecule has 0 bridgehead atoms. The smallest absolute Gasteiger partial charge is 0.00102 e. The molecule has 0 saturated heterocycles. The van der Waals surface area contributed by atoms with E-state index in [-0.39, 0.29) is 5.41 Å². The number of aryl methyl sites for hydroxylation is 1. The van der Waals surface area contributed by atoms with E-state index in [2.05, 4.69) is 57.7 Å². The maximum atomic E-state index is 4.42. The topological polar surface area (TPSA) is 0 Å². The van der Waals surface area contributed by atoms with Crippen molar-refractivity contribution in [1.82, 2.24) is 0 Å². The number of benzene rings is 1. The first-order valence-electron chi connectivity index (χ1n) is 4.80. The van der Waals surface area contributed by atoms with Crippen LogP contribution < -0.4 is 0 Å². The van der Waals surface area contributed by atoms with E-state index < -0.39 is 0 Å². The van der Waals surface area contributed by atoms with Crippen LogP contribution in [0.5, 0.6) is 0 Å². The molecule has 0 heterocycles. The predicted molar refractivity (Wildman–Crippen MR) is 62.7 cm³/mol. The first-order chi connectivity index (χ1) is 6.12. The van der Waals surface area contributed by atoms with E-state index in [1.54, 1.807) is 0 Å². The molecule has 0 aliphatic carbocycles. The Morgan fingerprint density at radius 1 is 1.23 bits per heavy atom. The van der Waals surface area contributed by atoms with Gasteiger partial charge in [0, 0.05) is 5.41 Å². The van der Waals surface area contributed by atoms with Crippen molar-refractivity contribution in [3.05, 3.63) is 35.4 Å². The van der Waals surface area contributed by atoms with Crippen LogP contribution in [0.2, 0.25) is 0 Å². The number of hydrogen-bond donors (Lipinski definition) is 1. The molecule has 1 unspecified atom stereocenters. The van der Waals surface area contributed by atoms with Gasteiger partial charge in [-0.3, -0.25) is 0 Å². The van der Waals surface area contributed by atoms with Crippen molar-refractivity contribution in [3.8, 4) is 0 Å². The van der Waals surface area contributed by atoms with Crippen LogP contribution in [0.25, 0.3) is 0 Å². The SMILES string of the molecule is CCC(C)(CS)c1ccc(C)cc1. The van der Waals surface area contributed by atoms with Crippen LogP contribution in [0.4, 0.5) is 0 Å². The lowest BCUT2D eigenvalue weighted by atomic mass is 9.82. The molecule has 0 radical (unpaired) electrons. The first-order valence-corrected chi connectivity index (χ1v) is 5.43. The Bertz CT molecular complexity index is 257. The molecule has 1 rings (SSSR count). The van der Waals surface area contributed by atoms with Gasteiger partial charge in [0.1, 0.15) is 0 Å². The molecule has 1 atom stereocenters. The number of thiol groups is 1. The Morgan fingerprint density at radius 3 is 2.15 bits per heavy atom. The van der Waals surface area contributed by atoms with E-state index in [4.69, 9.17) is 0 Å². The van der Waals surface area contributed by atoms with Gasteiger partial charge in [-0.15, -0.1) is 0 Å². The van der Waals surface area contributed by atoms with Crippen molar-refractivity contribution in [1.29, 1.82) is 0 Å². The van der Waals surface area contributed by atoms with Gasteiger partial charge in [0.05, 0.1) is 0 Å². The summed E-state index contributed by atoms with van der Waals surface area (Å²) >= 11 is 4.42. The van der Waals surface area contributed by atoms with Crippen LogP contribution in [0, 0.1) is 6.92 Å². The Kier molecular flexibility index (Phi) is 3.43. The van der Waals surface area contributed by atoms with Crippen molar-refractivity contribution in [3.63, 3.8) is 0 Å². The van der Waals surface area contributed by atoms with Crippen molar-refractivity contribution in [2.24, 2.45) is 0 Å². The molecule has 0 aromatic heterocycles. The van der Waals surface area contributed by atoms with Gasteiger partial charge in [0.2, 0.25) is 0 Å². The Hall–Kier alpha value is -0.430. The standard InChI is InChI=1S/C12H18S/c1-4-12(3,9-13)11-7-5-10(2)6-8-11/h5-8,13H,4,9H2,1-3H3. The van der Waals surface area contributed by atoms with E-state index in [0.29, 0.717) is 0 Å². The summed E-state index contributed by atoms with van der Waals surface area (Å²) in [5.41, 5.74) is 2.95. The maximum Gasteiger partial charge on any atom is 0.00102 e. The largest absolute Gasteiger partial charge is 0.178 e. The van der Waals surface area contributed by atoms with Gasteiger partial charge < -0.3 is 0 Å². The van der Waals surface area contributed by atoms with Gasteiger partial charge in [-0.1, -0.05) is 43.7 Å². The quantitative estimate of drug-likeness (QED) is 0.698. The van der Waals surface area contributed by atoms with Crippen molar-refractivity contribution in [2.75, 3.05) is 5.75 Å². The van der Waals surface area contributed by atoms with Gasteiger partial charge in [0.15, 0.2) is 0 Å². The van der Waals surface area contributed by atoms with Crippen molar-refractivity contribution >= 4 is 12.6 Å². The lowest BCUT2D eigenvalue weighted by molar-refractivity contribution is 0.517. The average Bonchev–Trinajstić information content (AvgIpc) is 2.18. The molecule has 1 aromatic rings. The van der Waals surface area contributed by atoms with Crippen LogP contribution in [0.3, 0.4) is 0 Å². The second-order valence-electron chi connectivity index (χ2n) is 3.94. The zero-order valence-electron chi connectivity index (χ0n) is 8.67. The van der Waals surface area contributed by atoms with Crippen LogP contribution in [-0.4, -0.2) is 5.75 Å². The van der Waals surface area contributed by atoms with E-state index in [9.17, 15) is 0 Å². The van der Waals surface area contributed by atoms with Crippen molar-refractivity contribution < 1.29 is 0 Å². The van der Waals surface area contributed by atoms with E-state index in [1.807, 2.05) is 0 Å². The lowest BCUT2D eigenvalue weighted by Gasteiger charge is -2.26.